The molecule has 0 N–H and O–H groups in total. The molecule has 0 heterocycles. The van der Waals surface area contributed by atoms with E-state index in [-0.39, 0.29) is 0 Å². The molecule has 2 aromatic carbocycles. The summed E-state index contributed by atoms with van der Waals surface area (Å²) < 4.78 is 1.15. The lowest BCUT2D eigenvalue weighted by Gasteiger charge is -2.30. The van der Waals surface area contributed by atoms with Crippen molar-refractivity contribution in [3.8, 4) is 0 Å². The predicted molar refractivity (Wildman–Crippen MR) is 110 cm³/mol. The fraction of sp³-hybridized carbons (Fsp3) is 0.500. The fourth-order valence-corrected chi connectivity index (χ4v) is 3.70. The highest BCUT2D eigenvalue weighted by atomic mass is 15.3. The second-order valence-corrected chi connectivity index (χ2v) is 7.96. The second kappa shape index (κ2) is 10.4. The Labute approximate surface area is 155 Å². The maximum atomic E-state index is 2.39. The molecule has 0 amide bonds. The number of quaternary nitrogens is 1. The van der Waals surface area contributed by atoms with Crippen molar-refractivity contribution in [2.75, 3.05) is 27.2 Å². The standard InChI is InChI=1S/C24H36N/c1-4-5-6-13-20-25(2,3)21-14-19-24(22-15-9-7-10-16-22)23-17-11-8-12-18-23/h7-12,15-18,24H,4-6,13-14,19-21H2,1-3H3/q+1. The molecule has 0 radical (unpaired) electrons. The van der Waals surface area contributed by atoms with Gasteiger partial charge in [-0.2, -0.15) is 0 Å². The predicted octanol–water partition coefficient (Wildman–Crippen LogP) is 6.26. The topological polar surface area (TPSA) is 0 Å². The Morgan fingerprint density at radius 3 is 1.72 bits per heavy atom. The van der Waals surface area contributed by atoms with Crippen LogP contribution < -0.4 is 0 Å². The number of unbranched alkanes of at least 4 members (excludes halogenated alkanes) is 3. The van der Waals surface area contributed by atoms with Crippen LogP contribution in [-0.4, -0.2) is 31.7 Å². The molecule has 0 aromatic heterocycles. The Bertz CT molecular complexity index is 534. The third kappa shape index (κ3) is 7.04. The van der Waals surface area contributed by atoms with Crippen LogP contribution in [0.3, 0.4) is 0 Å². The molecule has 0 aliphatic carbocycles. The smallest absolute Gasteiger partial charge is 0.0782 e. The molecule has 0 aliphatic rings. The molecule has 2 aromatic rings. The average molecular weight is 339 g/mol. The summed E-state index contributed by atoms with van der Waals surface area (Å²) in [6, 6.07) is 22.0. The van der Waals surface area contributed by atoms with E-state index in [1.165, 1.54) is 62.7 Å². The van der Waals surface area contributed by atoms with Gasteiger partial charge in [-0.3, -0.25) is 0 Å². The quantitative estimate of drug-likeness (QED) is 0.335. The van der Waals surface area contributed by atoms with Crippen LogP contribution in [0, 0.1) is 0 Å². The highest BCUT2D eigenvalue weighted by molar-refractivity contribution is 5.32. The largest absolute Gasteiger partial charge is 0.328 e. The van der Waals surface area contributed by atoms with E-state index in [0.717, 1.165) is 4.48 Å². The van der Waals surface area contributed by atoms with Gasteiger partial charge in [0.25, 0.3) is 0 Å². The summed E-state index contributed by atoms with van der Waals surface area (Å²) in [7, 11) is 4.79. The Morgan fingerprint density at radius 2 is 1.20 bits per heavy atom. The maximum absolute atomic E-state index is 2.39. The van der Waals surface area contributed by atoms with E-state index in [2.05, 4.69) is 81.7 Å². The molecule has 2 rings (SSSR count). The Balaban J connectivity index is 1.92. The van der Waals surface area contributed by atoms with Crippen molar-refractivity contribution >= 4 is 0 Å². The summed E-state index contributed by atoms with van der Waals surface area (Å²) in [5.41, 5.74) is 2.89. The molecular weight excluding hydrogens is 302 g/mol. The number of hydrogen-bond acceptors (Lipinski definition) is 0. The van der Waals surface area contributed by atoms with Crippen molar-refractivity contribution in [3.05, 3.63) is 71.8 Å². The maximum Gasteiger partial charge on any atom is 0.0782 e. The van der Waals surface area contributed by atoms with E-state index >= 15 is 0 Å². The van der Waals surface area contributed by atoms with E-state index in [9.17, 15) is 0 Å². The minimum atomic E-state index is 0.516. The summed E-state index contributed by atoms with van der Waals surface area (Å²) in [5, 5.41) is 0. The van der Waals surface area contributed by atoms with E-state index in [0.29, 0.717) is 5.92 Å². The van der Waals surface area contributed by atoms with Gasteiger partial charge in [0.15, 0.2) is 0 Å². The highest BCUT2D eigenvalue weighted by Gasteiger charge is 2.18. The summed E-state index contributed by atoms with van der Waals surface area (Å²) in [6.07, 6.45) is 7.95. The summed E-state index contributed by atoms with van der Waals surface area (Å²) >= 11 is 0. The molecule has 1 heteroatoms. The number of hydrogen-bond donors (Lipinski definition) is 0. The molecule has 0 saturated heterocycles. The molecule has 0 unspecified atom stereocenters. The van der Waals surface area contributed by atoms with Gasteiger partial charge in [0.05, 0.1) is 27.2 Å². The van der Waals surface area contributed by atoms with Crippen molar-refractivity contribution in [3.63, 3.8) is 0 Å². The Kier molecular flexibility index (Phi) is 8.21. The fourth-order valence-electron chi connectivity index (χ4n) is 3.70. The van der Waals surface area contributed by atoms with E-state index in [4.69, 9.17) is 0 Å². The van der Waals surface area contributed by atoms with E-state index < -0.39 is 0 Å². The molecule has 0 aliphatic heterocycles. The first-order chi connectivity index (χ1) is 12.1. The van der Waals surface area contributed by atoms with Crippen LogP contribution in [0.2, 0.25) is 0 Å². The van der Waals surface area contributed by atoms with Crippen LogP contribution in [0.5, 0.6) is 0 Å². The number of nitrogens with zero attached hydrogens (tertiary/aromatic N) is 1. The van der Waals surface area contributed by atoms with Crippen molar-refractivity contribution in [2.24, 2.45) is 0 Å². The van der Waals surface area contributed by atoms with Gasteiger partial charge in [0, 0.05) is 5.92 Å². The van der Waals surface area contributed by atoms with Gasteiger partial charge in [0.1, 0.15) is 0 Å². The zero-order valence-corrected chi connectivity index (χ0v) is 16.5. The van der Waals surface area contributed by atoms with Crippen LogP contribution in [-0.2, 0) is 0 Å². The van der Waals surface area contributed by atoms with Gasteiger partial charge in [-0.15, -0.1) is 0 Å². The van der Waals surface area contributed by atoms with Gasteiger partial charge in [0.2, 0.25) is 0 Å². The zero-order chi connectivity index (χ0) is 18.0. The van der Waals surface area contributed by atoms with Crippen LogP contribution in [0.4, 0.5) is 0 Å². The molecule has 0 atom stereocenters. The summed E-state index contributed by atoms with van der Waals surface area (Å²) in [4.78, 5) is 0. The second-order valence-electron chi connectivity index (χ2n) is 7.96. The Hall–Kier alpha value is -1.60. The van der Waals surface area contributed by atoms with Crippen molar-refractivity contribution in [2.45, 2.75) is 51.4 Å². The first kappa shape index (κ1) is 19.7. The van der Waals surface area contributed by atoms with Crippen molar-refractivity contribution in [1.29, 1.82) is 0 Å². The molecule has 0 spiro atoms. The molecule has 0 fully saturated rings. The Morgan fingerprint density at radius 1 is 0.680 bits per heavy atom. The molecule has 25 heavy (non-hydrogen) atoms. The highest BCUT2D eigenvalue weighted by Crippen LogP contribution is 2.29. The van der Waals surface area contributed by atoms with Crippen LogP contribution in [0.25, 0.3) is 0 Å². The van der Waals surface area contributed by atoms with Gasteiger partial charge in [-0.05, 0) is 36.8 Å². The third-order valence-electron chi connectivity index (χ3n) is 5.28. The molecule has 0 saturated carbocycles. The third-order valence-corrected chi connectivity index (χ3v) is 5.28. The lowest BCUT2D eigenvalue weighted by atomic mass is 9.87. The lowest BCUT2D eigenvalue weighted by molar-refractivity contribution is -0.890. The van der Waals surface area contributed by atoms with E-state index in [1.807, 2.05) is 0 Å². The van der Waals surface area contributed by atoms with E-state index in [1.54, 1.807) is 0 Å². The first-order valence-corrected chi connectivity index (χ1v) is 10.0. The first-order valence-electron chi connectivity index (χ1n) is 10.0. The average Bonchev–Trinajstić information content (AvgIpc) is 2.64. The summed E-state index contributed by atoms with van der Waals surface area (Å²) in [5.74, 6) is 0.516. The van der Waals surface area contributed by atoms with Gasteiger partial charge in [-0.25, -0.2) is 0 Å². The van der Waals surface area contributed by atoms with Crippen LogP contribution >= 0.6 is 0 Å². The van der Waals surface area contributed by atoms with Crippen molar-refractivity contribution in [1.82, 2.24) is 0 Å². The number of rotatable bonds is 11. The summed E-state index contributed by atoms with van der Waals surface area (Å²) in [6.45, 7) is 4.86. The van der Waals surface area contributed by atoms with Gasteiger partial charge < -0.3 is 4.48 Å². The normalized spacial score (nSPS) is 11.8. The SMILES string of the molecule is CCCCCC[N+](C)(C)CCCC(c1ccccc1)c1ccccc1. The number of benzene rings is 2. The monoisotopic (exact) mass is 338 g/mol. The molecule has 0 bridgehead atoms. The minimum Gasteiger partial charge on any atom is -0.328 e. The van der Waals surface area contributed by atoms with Crippen molar-refractivity contribution < 1.29 is 4.48 Å². The molecule has 136 valence electrons. The minimum absolute atomic E-state index is 0.516. The van der Waals surface area contributed by atoms with Gasteiger partial charge >= 0.3 is 0 Å². The molecular formula is C24H36N+. The van der Waals surface area contributed by atoms with Crippen LogP contribution in [0.15, 0.2) is 60.7 Å². The van der Waals surface area contributed by atoms with Crippen LogP contribution in [0.1, 0.15) is 62.5 Å². The van der Waals surface area contributed by atoms with Gasteiger partial charge in [-0.1, -0.05) is 80.4 Å². The lowest BCUT2D eigenvalue weighted by Crippen LogP contribution is -2.41. The zero-order valence-electron chi connectivity index (χ0n) is 16.5. The molecule has 1 nitrogen and oxygen atoms in total.